The summed E-state index contributed by atoms with van der Waals surface area (Å²) in [6, 6.07) is 5.66. The van der Waals surface area contributed by atoms with E-state index in [4.69, 9.17) is 0 Å². The van der Waals surface area contributed by atoms with E-state index in [-0.39, 0.29) is 18.4 Å². The molecule has 0 bridgehead atoms. The second-order valence-electron chi connectivity index (χ2n) is 5.45. The highest BCUT2D eigenvalue weighted by atomic mass is 35.5. The summed E-state index contributed by atoms with van der Waals surface area (Å²) < 4.78 is 27.0. The molecule has 1 fully saturated rings. The van der Waals surface area contributed by atoms with Gasteiger partial charge in [-0.15, -0.1) is 12.4 Å². The Labute approximate surface area is 127 Å². The molecule has 1 aliphatic carbocycles. The smallest absolute Gasteiger partial charge is 0.243 e. The molecule has 112 valence electrons. The molecule has 1 aromatic carbocycles. The highest BCUT2D eigenvalue weighted by Gasteiger charge is 2.31. The molecule has 0 spiro atoms. The Kier molecular flexibility index (Phi) is 4.74. The summed E-state index contributed by atoms with van der Waals surface area (Å²) >= 11 is 0. The quantitative estimate of drug-likeness (QED) is 0.901. The molecule has 0 unspecified atom stereocenters. The minimum atomic E-state index is -3.34. The Hall–Kier alpha value is -0.620. The topological polar surface area (TPSA) is 49.4 Å². The number of sulfonamides is 1. The molecule has 20 heavy (non-hydrogen) atoms. The van der Waals surface area contributed by atoms with Crippen molar-refractivity contribution in [1.82, 2.24) is 9.62 Å². The first-order valence-corrected chi connectivity index (χ1v) is 8.37. The second-order valence-corrected chi connectivity index (χ2v) is 7.34. The van der Waals surface area contributed by atoms with Gasteiger partial charge in [-0.1, -0.05) is 6.07 Å². The lowest BCUT2D eigenvalue weighted by Crippen LogP contribution is -2.52. The van der Waals surface area contributed by atoms with Gasteiger partial charge >= 0.3 is 0 Å². The molecule has 4 nitrogen and oxygen atoms in total. The summed E-state index contributed by atoms with van der Waals surface area (Å²) in [5.74, 6) is 0. The summed E-state index contributed by atoms with van der Waals surface area (Å²) in [7, 11) is -3.34. The van der Waals surface area contributed by atoms with Crippen LogP contribution in [0.15, 0.2) is 23.1 Å². The number of halogens is 1. The van der Waals surface area contributed by atoms with Gasteiger partial charge in [0.05, 0.1) is 4.90 Å². The molecule has 1 N–H and O–H groups in total. The average molecular weight is 317 g/mol. The predicted octanol–water partition coefficient (Wildman–Crippen LogP) is 1.58. The van der Waals surface area contributed by atoms with Crippen molar-refractivity contribution in [2.24, 2.45) is 0 Å². The number of benzene rings is 1. The van der Waals surface area contributed by atoms with E-state index in [0.29, 0.717) is 11.4 Å². The summed E-state index contributed by atoms with van der Waals surface area (Å²) in [5, 5.41) is 3.22. The lowest BCUT2D eigenvalue weighted by atomic mass is 10.1. The van der Waals surface area contributed by atoms with Crippen molar-refractivity contribution in [2.75, 3.05) is 19.6 Å². The Bertz CT molecular complexity index is 589. The Balaban J connectivity index is 0.00000147. The van der Waals surface area contributed by atoms with Crippen LogP contribution >= 0.6 is 12.4 Å². The van der Waals surface area contributed by atoms with Gasteiger partial charge in [-0.3, -0.25) is 0 Å². The van der Waals surface area contributed by atoms with Gasteiger partial charge in [-0.25, -0.2) is 8.42 Å². The number of fused-ring (bicyclic) bond motifs is 1. The zero-order valence-electron chi connectivity index (χ0n) is 11.6. The summed E-state index contributed by atoms with van der Waals surface area (Å²) in [6.07, 6.45) is 3.23. The first-order chi connectivity index (χ1) is 9.09. The number of nitrogens with one attached hydrogen (secondary N) is 1. The first-order valence-electron chi connectivity index (χ1n) is 6.93. The number of nitrogens with zero attached hydrogens (tertiary/aromatic N) is 1. The van der Waals surface area contributed by atoms with E-state index in [1.54, 1.807) is 10.4 Å². The number of hydrogen-bond acceptors (Lipinski definition) is 3. The van der Waals surface area contributed by atoms with Crippen molar-refractivity contribution >= 4 is 22.4 Å². The second kappa shape index (κ2) is 6.02. The van der Waals surface area contributed by atoms with Gasteiger partial charge in [0.1, 0.15) is 0 Å². The third-order valence-electron chi connectivity index (χ3n) is 4.12. The molecule has 1 atom stereocenters. The van der Waals surface area contributed by atoms with Crippen LogP contribution in [0.5, 0.6) is 0 Å². The summed E-state index contributed by atoms with van der Waals surface area (Å²) in [6.45, 7) is 3.97. The number of piperazine rings is 1. The molecular weight excluding hydrogens is 296 g/mol. The van der Waals surface area contributed by atoms with Crippen molar-refractivity contribution in [3.8, 4) is 0 Å². The van der Waals surface area contributed by atoms with Crippen LogP contribution < -0.4 is 5.32 Å². The van der Waals surface area contributed by atoms with Gasteiger partial charge in [0.2, 0.25) is 10.0 Å². The lowest BCUT2D eigenvalue weighted by molar-refractivity contribution is 0.284. The maximum atomic E-state index is 12.7. The van der Waals surface area contributed by atoms with Gasteiger partial charge in [0.25, 0.3) is 0 Å². The maximum absolute atomic E-state index is 12.7. The van der Waals surface area contributed by atoms with Gasteiger partial charge < -0.3 is 5.32 Å². The van der Waals surface area contributed by atoms with Crippen LogP contribution in [0.4, 0.5) is 0 Å². The zero-order valence-corrected chi connectivity index (χ0v) is 13.3. The number of aryl methyl sites for hydroxylation is 2. The molecule has 1 heterocycles. The number of hydrogen-bond donors (Lipinski definition) is 1. The number of rotatable bonds is 2. The first kappa shape index (κ1) is 15.8. The fourth-order valence-electron chi connectivity index (χ4n) is 3.02. The molecule has 1 aromatic rings. The standard InChI is InChI=1S/C14H20N2O2S.ClH/c1-11-10-15-7-8-16(11)19(17,18)14-6-5-12-3-2-4-13(12)9-14;/h5-6,9,11,15H,2-4,7-8,10H2,1H3;1H/t11-;/m0./s1. The van der Waals surface area contributed by atoms with Crippen LogP contribution in [0.25, 0.3) is 0 Å². The highest BCUT2D eigenvalue weighted by Crippen LogP contribution is 2.27. The fourth-order valence-corrected chi connectivity index (χ4v) is 4.71. The van der Waals surface area contributed by atoms with Gasteiger partial charge in [0.15, 0.2) is 0 Å². The van der Waals surface area contributed by atoms with Crippen molar-refractivity contribution in [2.45, 2.75) is 37.1 Å². The molecule has 0 aromatic heterocycles. The highest BCUT2D eigenvalue weighted by molar-refractivity contribution is 7.89. The average Bonchev–Trinajstić information content (AvgIpc) is 2.86. The van der Waals surface area contributed by atoms with Crippen LogP contribution in [-0.4, -0.2) is 38.4 Å². The normalized spacial score (nSPS) is 23.1. The molecule has 0 amide bonds. The van der Waals surface area contributed by atoms with E-state index < -0.39 is 10.0 Å². The lowest BCUT2D eigenvalue weighted by Gasteiger charge is -2.32. The minimum absolute atomic E-state index is 0. The molecule has 3 rings (SSSR count). The largest absolute Gasteiger partial charge is 0.314 e. The van der Waals surface area contributed by atoms with Crippen molar-refractivity contribution in [3.05, 3.63) is 29.3 Å². The SMILES string of the molecule is C[C@H]1CNCCN1S(=O)(=O)c1ccc2c(c1)CCC2.Cl. The van der Waals surface area contributed by atoms with Gasteiger partial charge in [0, 0.05) is 25.7 Å². The molecule has 1 saturated heterocycles. The molecular formula is C14H21ClN2O2S. The zero-order chi connectivity index (χ0) is 13.5. The molecule has 0 radical (unpaired) electrons. The van der Waals surface area contributed by atoms with E-state index in [1.807, 2.05) is 19.1 Å². The molecule has 0 saturated carbocycles. The van der Waals surface area contributed by atoms with E-state index in [2.05, 4.69) is 5.32 Å². The fraction of sp³-hybridized carbons (Fsp3) is 0.571. The third-order valence-corrected chi connectivity index (χ3v) is 6.13. The van der Waals surface area contributed by atoms with Gasteiger partial charge in [-0.2, -0.15) is 4.31 Å². The van der Waals surface area contributed by atoms with Crippen LogP contribution in [0.1, 0.15) is 24.5 Å². The maximum Gasteiger partial charge on any atom is 0.243 e. The monoisotopic (exact) mass is 316 g/mol. The summed E-state index contributed by atoms with van der Waals surface area (Å²) in [5.41, 5.74) is 2.52. The predicted molar refractivity (Wildman–Crippen MR) is 81.9 cm³/mol. The molecule has 6 heteroatoms. The van der Waals surface area contributed by atoms with E-state index >= 15 is 0 Å². The van der Waals surface area contributed by atoms with Crippen molar-refractivity contribution in [3.63, 3.8) is 0 Å². The third kappa shape index (κ3) is 2.72. The Morgan fingerprint density at radius 2 is 2.00 bits per heavy atom. The van der Waals surface area contributed by atoms with Crippen LogP contribution in [0, 0.1) is 0 Å². The molecule has 2 aliphatic rings. The minimum Gasteiger partial charge on any atom is -0.314 e. The van der Waals surface area contributed by atoms with Gasteiger partial charge in [-0.05, 0) is 49.4 Å². The van der Waals surface area contributed by atoms with Crippen LogP contribution in [-0.2, 0) is 22.9 Å². The van der Waals surface area contributed by atoms with Crippen LogP contribution in [0.3, 0.4) is 0 Å². The van der Waals surface area contributed by atoms with E-state index in [9.17, 15) is 8.42 Å². The summed E-state index contributed by atoms with van der Waals surface area (Å²) in [4.78, 5) is 0.460. The van der Waals surface area contributed by atoms with E-state index in [1.165, 1.54) is 11.1 Å². The Morgan fingerprint density at radius 3 is 2.75 bits per heavy atom. The Morgan fingerprint density at radius 1 is 1.25 bits per heavy atom. The molecule has 1 aliphatic heterocycles. The van der Waals surface area contributed by atoms with Crippen molar-refractivity contribution < 1.29 is 8.42 Å². The van der Waals surface area contributed by atoms with E-state index in [0.717, 1.165) is 32.4 Å². The van der Waals surface area contributed by atoms with Crippen molar-refractivity contribution in [1.29, 1.82) is 0 Å². The van der Waals surface area contributed by atoms with Crippen LogP contribution in [0.2, 0.25) is 0 Å².